The van der Waals surface area contributed by atoms with Gasteiger partial charge in [-0.15, -0.1) is 0 Å². The number of benzene rings is 3. The fourth-order valence-electron chi connectivity index (χ4n) is 3.99. The van der Waals surface area contributed by atoms with Crippen LogP contribution in [0.4, 0.5) is 5.69 Å². The van der Waals surface area contributed by atoms with E-state index >= 15 is 0 Å². The number of hydrogen-bond donors (Lipinski definition) is 2. The second-order valence-corrected chi connectivity index (χ2v) is 8.80. The summed E-state index contributed by atoms with van der Waals surface area (Å²) in [7, 11) is 0. The maximum atomic E-state index is 13.1. The first-order valence-corrected chi connectivity index (χ1v) is 12.3. The molecule has 1 atom stereocenters. The molecule has 1 aliphatic heterocycles. The van der Waals surface area contributed by atoms with Crippen molar-refractivity contribution in [3.05, 3.63) is 94.5 Å². The monoisotopic (exact) mass is 499 g/mol. The molecule has 0 saturated carbocycles. The molecule has 0 fully saturated rings. The lowest BCUT2D eigenvalue weighted by Crippen LogP contribution is -2.32. The number of hydrogen-bond acceptors (Lipinski definition) is 5. The number of fused-ring (bicyclic) bond motifs is 1. The highest BCUT2D eigenvalue weighted by molar-refractivity contribution is 6.34. The molecular weight excluding hydrogens is 470 g/mol. The Balaban J connectivity index is 1.45. The molecule has 0 radical (unpaired) electrons. The Kier molecular flexibility index (Phi) is 7.67. The summed E-state index contributed by atoms with van der Waals surface area (Å²) in [6, 6.07) is 18.3. The molecule has 0 bridgehead atoms. The first kappa shape index (κ1) is 25.6. The van der Waals surface area contributed by atoms with Gasteiger partial charge in [-0.1, -0.05) is 19.1 Å². The van der Waals surface area contributed by atoms with Crippen LogP contribution in [-0.4, -0.2) is 36.3 Å². The first-order valence-electron chi connectivity index (χ1n) is 12.3. The van der Waals surface area contributed by atoms with Crippen LogP contribution in [-0.2, 0) is 6.54 Å². The standard InChI is InChI=1S/C29H29N3O5/c1-4-18(3)31-27(34)20-8-6-7-19(15-20)17-30-26(33)21-9-14-24-25(16-21)29(36)32(28(24)35)22-10-12-23(13-11-22)37-5-2/h6-16,18H,4-5,17H2,1-3H3,(H,30,33)(H,31,34). The second-order valence-electron chi connectivity index (χ2n) is 8.80. The third-order valence-electron chi connectivity index (χ3n) is 6.19. The van der Waals surface area contributed by atoms with Crippen molar-refractivity contribution in [1.29, 1.82) is 0 Å². The molecule has 1 unspecified atom stereocenters. The Bertz CT molecular complexity index is 1350. The zero-order valence-electron chi connectivity index (χ0n) is 21.0. The molecule has 4 amide bonds. The molecule has 2 N–H and O–H groups in total. The average Bonchev–Trinajstić information content (AvgIpc) is 3.17. The summed E-state index contributed by atoms with van der Waals surface area (Å²) in [6.07, 6.45) is 0.828. The van der Waals surface area contributed by atoms with Crippen LogP contribution in [0.15, 0.2) is 66.7 Å². The van der Waals surface area contributed by atoms with Crippen molar-refractivity contribution in [2.75, 3.05) is 11.5 Å². The maximum absolute atomic E-state index is 13.1. The minimum atomic E-state index is -0.487. The van der Waals surface area contributed by atoms with Crippen molar-refractivity contribution < 1.29 is 23.9 Å². The number of carbonyl (C=O) groups is 4. The largest absolute Gasteiger partial charge is 0.494 e. The summed E-state index contributed by atoms with van der Waals surface area (Å²) in [5, 5.41) is 5.74. The smallest absolute Gasteiger partial charge is 0.266 e. The Labute approximate surface area is 215 Å². The van der Waals surface area contributed by atoms with E-state index in [0.29, 0.717) is 23.6 Å². The van der Waals surface area contributed by atoms with E-state index < -0.39 is 17.7 Å². The average molecular weight is 500 g/mol. The molecule has 3 aromatic carbocycles. The van der Waals surface area contributed by atoms with E-state index in [-0.39, 0.29) is 35.2 Å². The van der Waals surface area contributed by atoms with Gasteiger partial charge in [0.2, 0.25) is 0 Å². The van der Waals surface area contributed by atoms with Crippen molar-refractivity contribution in [1.82, 2.24) is 10.6 Å². The van der Waals surface area contributed by atoms with E-state index in [2.05, 4.69) is 10.6 Å². The van der Waals surface area contributed by atoms with Crippen LogP contribution in [0.25, 0.3) is 0 Å². The molecule has 4 rings (SSSR count). The summed E-state index contributed by atoms with van der Waals surface area (Å²) >= 11 is 0. The van der Waals surface area contributed by atoms with Crippen molar-refractivity contribution in [3.63, 3.8) is 0 Å². The highest BCUT2D eigenvalue weighted by Gasteiger charge is 2.37. The SMILES string of the molecule is CCOc1ccc(N2C(=O)c3ccc(C(=O)NCc4cccc(C(=O)NC(C)CC)c4)cc3C2=O)cc1. The zero-order chi connectivity index (χ0) is 26.5. The van der Waals surface area contributed by atoms with E-state index in [1.54, 1.807) is 42.5 Å². The van der Waals surface area contributed by atoms with Gasteiger partial charge in [-0.3, -0.25) is 19.2 Å². The van der Waals surface area contributed by atoms with E-state index in [0.717, 1.165) is 16.9 Å². The van der Waals surface area contributed by atoms with Crippen molar-refractivity contribution in [3.8, 4) is 5.75 Å². The molecule has 0 saturated heterocycles. The normalized spacial score (nSPS) is 13.2. The number of nitrogens with one attached hydrogen (secondary N) is 2. The lowest BCUT2D eigenvalue weighted by molar-refractivity contribution is 0.0918. The van der Waals surface area contributed by atoms with Gasteiger partial charge in [0.25, 0.3) is 23.6 Å². The molecule has 3 aromatic rings. The third kappa shape index (κ3) is 5.53. The van der Waals surface area contributed by atoms with Crippen LogP contribution in [0.1, 0.15) is 74.2 Å². The van der Waals surface area contributed by atoms with Crippen LogP contribution in [0.3, 0.4) is 0 Å². The van der Waals surface area contributed by atoms with Crippen molar-refractivity contribution in [2.45, 2.75) is 39.8 Å². The van der Waals surface area contributed by atoms with E-state index in [1.807, 2.05) is 26.8 Å². The van der Waals surface area contributed by atoms with Crippen molar-refractivity contribution >= 4 is 29.3 Å². The minimum absolute atomic E-state index is 0.0654. The molecule has 8 heteroatoms. The number of nitrogens with zero attached hydrogens (tertiary/aromatic N) is 1. The summed E-state index contributed by atoms with van der Waals surface area (Å²) in [5.41, 5.74) is 2.39. The van der Waals surface area contributed by atoms with Gasteiger partial charge in [0.1, 0.15) is 5.75 Å². The lowest BCUT2D eigenvalue weighted by Gasteiger charge is -2.14. The summed E-state index contributed by atoms with van der Waals surface area (Å²) in [6.45, 7) is 6.52. The van der Waals surface area contributed by atoms with Crippen LogP contribution >= 0.6 is 0 Å². The van der Waals surface area contributed by atoms with E-state index in [4.69, 9.17) is 4.74 Å². The van der Waals surface area contributed by atoms with Crippen LogP contribution < -0.4 is 20.3 Å². The van der Waals surface area contributed by atoms with Gasteiger partial charge in [-0.05, 0) is 80.4 Å². The molecular formula is C29H29N3O5. The lowest BCUT2D eigenvalue weighted by atomic mass is 10.0. The predicted octanol–water partition coefficient (Wildman–Crippen LogP) is 4.34. The molecule has 8 nitrogen and oxygen atoms in total. The molecule has 0 aromatic heterocycles. The van der Waals surface area contributed by atoms with Crippen LogP contribution in [0.5, 0.6) is 5.75 Å². The fraction of sp³-hybridized carbons (Fsp3) is 0.241. The van der Waals surface area contributed by atoms with Gasteiger partial charge in [0, 0.05) is 23.7 Å². The topological polar surface area (TPSA) is 105 Å². The number of imide groups is 1. The predicted molar refractivity (Wildman–Crippen MR) is 140 cm³/mol. The number of rotatable bonds is 9. The summed E-state index contributed by atoms with van der Waals surface area (Å²) in [4.78, 5) is 52.3. The number of amides is 4. The Morgan fingerprint density at radius 2 is 1.57 bits per heavy atom. The maximum Gasteiger partial charge on any atom is 0.266 e. The van der Waals surface area contributed by atoms with Gasteiger partial charge < -0.3 is 15.4 Å². The summed E-state index contributed by atoms with van der Waals surface area (Å²) in [5.74, 6) is -0.843. The van der Waals surface area contributed by atoms with Crippen LogP contribution in [0, 0.1) is 0 Å². The van der Waals surface area contributed by atoms with E-state index in [9.17, 15) is 19.2 Å². The minimum Gasteiger partial charge on any atom is -0.494 e. The van der Waals surface area contributed by atoms with Crippen LogP contribution in [0.2, 0.25) is 0 Å². The molecule has 1 heterocycles. The Morgan fingerprint density at radius 3 is 2.27 bits per heavy atom. The van der Waals surface area contributed by atoms with Gasteiger partial charge in [0.15, 0.2) is 0 Å². The highest BCUT2D eigenvalue weighted by atomic mass is 16.5. The van der Waals surface area contributed by atoms with Gasteiger partial charge >= 0.3 is 0 Å². The van der Waals surface area contributed by atoms with Crippen molar-refractivity contribution in [2.24, 2.45) is 0 Å². The molecule has 0 spiro atoms. The Morgan fingerprint density at radius 1 is 0.865 bits per heavy atom. The van der Waals surface area contributed by atoms with Gasteiger partial charge in [-0.25, -0.2) is 4.90 Å². The quantitative estimate of drug-likeness (QED) is 0.426. The van der Waals surface area contributed by atoms with E-state index in [1.165, 1.54) is 18.2 Å². The Hall–Kier alpha value is -4.46. The number of ether oxygens (including phenoxy) is 1. The number of carbonyl (C=O) groups excluding carboxylic acids is 4. The molecule has 0 aliphatic carbocycles. The zero-order valence-corrected chi connectivity index (χ0v) is 21.0. The summed E-state index contributed by atoms with van der Waals surface area (Å²) < 4.78 is 5.42. The number of anilines is 1. The third-order valence-corrected chi connectivity index (χ3v) is 6.19. The second kappa shape index (κ2) is 11.1. The fourth-order valence-corrected chi connectivity index (χ4v) is 3.99. The first-order chi connectivity index (χ1) is 17.8. The van der Waals surface area contributed by atoms with Gasteiger partial charge in [0.05, 0.1) is 23.4 Å². The highest BCUT2D eigenvalue weighted by Crippen LogP contribution is 2.30. The van der Waals surface area contributed by atoms with Gasteiger partial charge in [-0.2, -0.15) is 0 Å². The molecule has 1 aliphatic rings. The molecule has 190 valence electrons. The molecule has 37 heavy (non-hydrogen) atoms.